The summed E-state index contributed by atoms with van der Waals surface area (Å²) in [6.45, 7) is 1.89. The predicted octanol–water partition coefficient (Wildman–Crippen LogP) is 4.52. The Morgan fingerprint density at radius 3 is 2.59 bits per heavy atom. The summed E-state index contributed by atoms with van der Waals surface area (Å²) in [4.78, 5) is 27.9. The third-order valence-electron chi connectivity index (χ3n) is 5.83. The molecular weight excluding hydrogens is 402 g/mol. The predicted molar refractivity (Wildman–Crippen MR) is 126 cm³/mol. The highest BCUT2D eigenvalue weighted by atomic mass is 16.5. The quantitative estimate of drug-likeness (QED) is 0.638. The Labute approximate surface area is 188 Å². The molecule has 6 heteroatoms. The minimum Gasteiger partial charge on any atom is -0.495 e. The zero-order chi connectivity index (χ0) is 22.7. The summed E-state index contributed by atoms with van der Waals surface area (Å²) < 4.78 is 5.49. The lowest BCUT2D eigenvalue weighted by Crippen LogP contribution is -2.45. The summed E-state index contributed by atoms with van der Waals surface area (Å²) in [5.41, 5.74) is 10.8. The van der Waals surface area contributed by atoms with E-state index in [0.29, 0.717) is 22.6 Å². The van der Waals surface area contributed by atoms with Gasteiger partial charge in [-0.1, -0.05) is 36.4 Å². The van der Waals surface area contributed by atoms with E-state index < -0.39 is 6.17 Å². The van der Waals surface area contributed by atoms with Crippen molar-refractivity contribution < 1.29 is 14.3 Å². The lowest BCUT2D eigenvalue weighted by atomic mass is 10.1. The van der Waals surface area contributed by atoms with Gasteiger partial charge in [-0.3, -0.25) is 14.5 Å². The van der Waals surface area contributed by atoms with E-state index in [4.69, 9.17) is 10.5 Å². The van der Waals surface area contributed by atoms with Crippen LogP contribution in [0.3, 0.4) is 0 Å². The number of amides is 2. The summed E-state index contributed by atoms with van der Waals surface area (Å²) in [6.07, 6.45) is 2.13. The average molecular weight is 430 g/mol. The number of hydrogen-bond donors (Lipinski definition) is 2. The number of aryl methyl sites for hydroxylation is 2. The largest absolute Gasteiger partial charge is 0.495 e. The second kappa shape index (κ2) is 9.24. The number of methoxy groups -OCH3 is 1. The fraction of sp³-hybridized carbons (Fsp3) is 0.231. The van der Waals surface area contributed by atoms with Crippen LogP contribution in [0.1, 0.15) is 44.7 Å². The number of fused-ring (bicyclic) bond motifs is 1. The minimum atomic E-state index is -0.405. The normalized spacial score (nSPS) is 15.5. The SMILES string of the molecule is COc1cc(C(=O)N2c3ccccc3CCCC2N)ccc1NC(=O)c1ccccc1C. The van der Waals surface area contributed by atoms with E-state index in [2.05, 4.69) is 5.32 Å². The van der Waals surface area contributed by atoms with Crippen LogP contribution in [0.25, 0.3) is 0 Å². The standard InChI is InChI=1S/C26H27N3O3/c1-17-8-3-5-11-20(17)25(30)28-21-15-14-19(16-23(21)32-2)26(31)29-22-12-6-4-9-18(22)10-7-13-24(29)27/h3-6,8-9,11-12,14-16,24H,7,10,13,27H2,1-2H3,(H,28,30). The molecular formula is C26H27N3O3. The Morgan fingerprint density at radius 1 is 1.06 bits per heavy atom. The summed E-state index contributed by atoms with van der Waals surface area (Å²) >= 11 is 0. The summed E-state index contributed by atoms with van der Waals surface area (Å²) in [6, 6.07) is 20.3. The maximum atomic E-state index is 13.5. The summed E-state index contributed by atoms with van der Waals surface area (Å²) in [5.74, 6) is -0.0136. The molecule has 0 fully saturated rings. The van der Waals surface area contributed by atoms with E-state index in [9.17, 15) is 9.59 Å². The second-order valence-corrected chi connectivity index (χ2v) is 7.95. The van der Waals surface area contributed by atoms with Crippen molar-refractivity contribution in [2.24, 2.45) is 5.73 Å². The summed E-state index contributed by atoms with van der Waals surface area (Å²) in [7, 11) is 1.51. The molecule has 32 heavy (non-hydrogen) atoms. The van der Waals surface area contributed by atoms with Crippen LogP contribution in [-0.4, -0.2) is 25.1 Å². The molecule has 0 radical (unpaired) electrons. The molecule has 4 rings (SSSR count). The van der Waals surface area contributed by atoms with Crippen molar-refractivity contribution in [3.05, 3.63) is 89.0 Å². The van der Waals surface area contributed by atoms with E-state index in [1.165, 1.54) is 7.11 Å². The number of ether oxygens (including phenoxy) is 1. The zero-order valence-corrected chi connectivity index (χ0v) is 18.3. The van der Waals surface area contributed by atoms with E-state index in [1.807, 2.05) is 49.4 Å². The number of nitrogens with two attached hydrogens (primary N) is 1. The number of anilines is 2. The van der Waals surface area contributed by atoms with Crippen molar-refractivity contribution in [2.45, 2.75) is 32.4 Å². The van der Waals surface area contributed by atoms with Gasteiger partial charge in [0.15, 0.2) is 0 Å². The van der Waals surface area contributed by atoms with Gasteiger partial charge in [0.25, 0.3) is 11.8 Å². The summed E-state index contributed by atoms with van der Waals surface area (Å²) in [5, 5.41) is 2.89. The van der Waals surface area contributed by atoms with Gasteiger partial charge >= 0.3 is 0 Å². The van der Waals surface area contributed by atoms with Crippen LogP contribution in [0.5, 0.6) is 5.75 Å². The van der Waals surface area contributed by atoms with Crippen LogP contribution in [0, 0.1) is 6.92 Å². The van der Waals surface area contributed by atoms with Crippen molar-refractivity contribution in [2.75, 3.05) is 17.3 Å². The number of carbonyl (C=O) groups excluding carboxylic acids is 2. The Kier molecular flexibility index (Phi) is 6.23. The third kappa shape index (κ3) is 4.22. The zero-order valence-electron chi connectivity index (χ0n) is 18.3. The van der Waals surface area contributed by atoms with Crippen molar-refractivity contribution in [1.29, 1.82) is 0 Å². The lowest BCUT2D eigenvalue weighted by molar-refractivity contribution is 0.0975. The average Bonchev–Trinajstić information content (AvgIpc) is 2.97. The number of carbonyl (C=O) groups is 2. The second-order valence-electron chi connectivity index (χ2n) is 7.95. The molecule has 1 unspecified atom stereocenters. The van der Waals surface area contributed by atoms with Gasteiger partial charge in [-0.05, 0) is 67.6 Å². The van der Waals surface area contributed by atoms with Gasteiger partial charge in [0.05, 0.1) is 19.0 Å². The molecule has 3 aromatic rings. The molecule has 1 atom stereocenters. The van der Waals surface area contributed by atoms with Gasteiger partial charge in [-0.25, -0.2) is 0 Å². The Balaban J connectivity index is 1.63. The first-order chi connectivity index (χ1) is 15.5. The molecule has 1 heterocycles. The molecule has 0 saturated carbocycles. The van der Waals surface area contributed by atoms with Gasteiger partial charge in [-0.15, -0.1) is 0 Å². The van der Waals surface area contributed by atoms with Crippen LogP contribution in [0.2, 0.25) is 0 Å². The fourth-order valence-corrected chi connectivity index (χ4v) is 4.11. The minimum absolute atomic E-state index is 0.193. The third-order valence-corrected chi connectivity index (χ3v) is 5.83. The van der Waals surface area contributed by atoms with E-state index in [1.54, 1.807) is 29.2 Å². The molecule has 3 N–H and O–H groups in total. The van der Waals surface area contributed by atoms with Crippen LogP contribution in [0.4, 0.5) is 11.4 Å². The van der Waals surface area contributed by atoms with E-state index in [0.717, 1.165) is 36.1 Å². The topological polar surface area (TPSA) is 84.7 Å². The molecule has 1 aliphatic rings. The first-order valence-corrected chi connectivity index (χ1v) is 10.7. The molecule has 6 nitrogen and oxygen atoms in total. The van der Waals surface area contributed by atoms with Crippen LogP contribution >= 0.6 is 0 Å². The highest BCUT2D eigenvalue weighted by molar-refractivity contribution is 6.09. The molecule has 1 aliphatic heterocycles. The van der Waals surface area contributed by atoms with Gasteiger partial charge in [0, 0.05) is 16.8 Å². The number of benzene rings is 3. The number of para-hydroxylation sites is 1. The van der Waals surface area contributed by atoms with Crippen molar-refractivity contribution in [3.8, 4) is 5.75 Å². The van der Waals surface area contributed by atoms with Crippen LogP contribution < -0.4 is 20.7 Å². The number of nitrogens with one attached hydrogen (secondary N) is 1. The first-order valence-electron chi connectivity index (χ1n) is 10.7. The Morgan fingerprint density at radius 2 is 1.81 bits per heavy atom. The van der Waals surface area contributed by atoms with E-state index in [-0.39, 0.29) is 11.8 Å². The number of nitrogens with zero attached hydrogens (tertiary/aromatic N) is 1. The van der Waals surface area contributed by atoms with Gasteiger partial charge in [-0.2, -0.15) is 0 Å². The maximum Gasteiger partial charge on any atom is 0.259 e. The van der Waals surface area contributed by atoms with Gasteiger partial charge in [0.1, 0.15) is 5.75 Å². The Bertz CT molecular complexity index is 1160. The number of rotatable bonds is 4. The van der Waals surface area contributed by atoms with Gasteiger partial charge < -0.3 is 15.8 Å². The molecule has 0 saturated heterocycles. The highest BCUT2D eigenvalue weighted by Crippen LogP contribution is 2.32. The molecule has 0 spiro atoms. The first kappa shape index (κ1) is 21.6. The maximum absolute atomic E-state index is 13.5. The lowest BCUT2D eigenvalue weighted by Gasteiger charge is -2.29. The van der Waals surface area contributed by atoms with Crippen molar-refractivity contribution in [3.63, 3.8) is 0 Å². The monoisotopic (exact) mass is 429 g/mol. The molecule has 0 bridgehead atoms. The Hall–Kier alpha value is -3.64. The van der Waals surface area contributed by atoms with E-state index >= 15 is 0 Å². The fourth-order valence-electron chi connectivity index (χ4n) is 4.11. The van der Waals surface area contributed by atoms with Crippen molar-refractivity contribution in [1.82, 2.24) is 0 Å². The van der Waals surface area contributed by atoms with Gasteiger partial charge in [0.2, 0.25) is 0 Å². The van der Waals surface area contributed by atoms with Crippen molar-refractivity contribution >= 4 is 23.2 Å². The highest BCUT2D eigenvalue weighted by Gasteiger charge is 2.28. The molecule has 0 aromatic heterocycles. The van der Waals surface area contributed by atoms with Crippen LogP contribution in [0.15, 0.2) is 66.7 Å². The molecule has 164 valence electrons. The van der Waals surface area contributed by atoms with Crippen LogP contribution in [-0.2, 0) is 6.42 Å². The molecule has 3 aromatic carbocycles. The number of hydrogen-bond acceptors (Lipinski definition) is 4. The smallest absolute Gasteiger partial charge is 0.259 e. The molecule has 0 aliphatic carbocycles. The molecule has 2 amide bonds.